The van der Waals surface area contributed by atoms with E-state index in [2.05, 4.69) is 15.9 Å². The van der Waals surface area contributed by atoms with E-state index in [1.54, 1.807) is 18.2 Å². The molecule has 0 unspecified atom stereocenters. The second-order valence-electron chi connectivity index (χ2n) is 4.89. The van der Waals surface area contributed by atoms with Crippen LogP contribution in [-0.4, -0.2) is 4.92 Å². The molecule has 0 N–H and O–H groups in total. The zero-order chi connectivity index (χ0) is 17.3. The van der Waals surface area contributed by atoms with Gasteiger partial charge in [-0.3, -0.25) is 10.1 Å². The van der Waals surface area contributed by atoms with Gasteiger partial charge in [-0.15, -0.1) is 0 Å². The molecule has 3 rings (SSSR count). The van der Waals surface area contributed by atoms with Gasteiger partial charge in [0.2, 0.25) is 0 Å². The Morgan fingerprint density at radius 2 is 2.00 bits per heavy atom. The summed E-state index contributed by atoms with van der Waals surface area (Å²) in [5.41, 5.74) is 0.210. The Bertz CT molecular complexity index is 1000. The Morgan fingerprint density at radius 1 is 1.21 bits per heavy atom. The minimum absolute atomic E-state index is 0.0216. The number of rotatable bonds is 4. The maximum atomic E-state index is 11.7. The van der Waals surface area contributed by atoms with Gasteiger partial charge in [-0.1, -0.05) is 27.5 Å². The third kappa shape index (κ3) is 3.42. The molecule has 1 aromatic heterocycles. The lowest BCUT2D eigenvalue weighted by Crippen LogP contribution is -2.05. The molecule has 0 aliphatic carbocycles. The fraction of sp³-hybridized carbons (Fsp3) is 0.0625. The maximum Gasteiger partial charge on any atom is 0.336 e. The van der Waals surface area contributed by atoms with Crippen molar-refractivity contribution in [1.29, 1.82) is 0 Å². The summed E-state index contributed by atoms with van der Waals surface area (Å²) in [4.78, 5) is 22.2. The first kappa shape index (κ1) is 16.5. The Kier molecular flexibility index (Phi) is 4.55. The Balaban J connectivity index is 1.97. The number of hydrogen-bond acceptors (Lipinski definition) is 5. The average molecular weight is 411 g/mol. The van der Waals surface area contributed by atoms with E-state index in [4.69, 9.17) is 20.8 Å². The number of ether oxygens (including phenoxy) is 1. The summed E-state index contributed by atoms with van der Waals surface area (Å²) in [6.07, 6.45) is 0. The molecular weight excluding hydrogens is 402 g/mol. The van der Waals surface area contributed by atoms with Crippen molar-refractivity contribution >= 4 is 44.2 Å². The normalized spacial score (nSPS) is 10.8. The van der Waals surface area contributed by atoms with E-state index in [-0.39, 0.29) is 23.1 Å². The van der Waals surface area contributed by atoms with Gasteiger partial charge in [-0.25, -0.2) is 4.79 Å². The van der Waals surface area contributed by atoms with E-state index < -0.39 is 10.5 Å². The largest absolute Gasteiger partial charge is 0.482 e. The van der Waals surface area contributed by atoms with Crippen LogP contribution in [0.25, 0.3) is 11.0 Å². The minimum Gasteiger partial charge on any atom is -0.482 e. The zero-order valence-corrected chi connectivity index (χ0v) is 14.3. The number of benzene rings is 2. The van der Waals surface area contributed by atoms with Gasteiger partial charge in [0.05, 0.1) is 4.92 Å². The quantitative estimate of drug-likeness (QED) is 0.354. The molecule has 0 aliphatic heterocycles. The minimum atomic E-state index is -0.574. The van der Waals surface area contributed by atoms with Crippen molar-refractivity contribution < 1.29 is 14.1 Å². The van der Waals surface area contributed by atoms with Gasteiger partial charge in [-0.05, 0) is 30.3 Å². The molecule has 24 heavy (non-hydrogen) atoms. The van der Waals surface area contributed by atoms with Gasteiger partial charge < -0.3 is 9.15 Å². The van der Waals surface area contributed by atoms with Crippen LogP contribution in [0.4, 0.5) is 5.69 Å². The molecule has 1 heterocycles. The monoisotopic (exact) mass is 409 g/mol. The van der Waals surface area contributed by atoms with Crippen molar-refractivity contribution in [2.45, 2.75) is 6.61 Å². The molecule has 0 saturated heterocycles. The molecule has 0 bridgehead atoms. The van der Waals surface area contributed by atoms with Crippen molar-refractivity contribution in [1.82, 2.24) is 0 Å². The molecule has 0 fully saturated rings. The van der Waals surface area contributed by atoms with E-state index in [1.165, 1.54) is 24.3 Å². The smallest absolute Gasteiger partial charge is 0.336 e. The van der Waals surface area contributed by atoms with Crippen LogP contribution in [-0.2, 0) is 6.61 Å². The first-order valence-corrected chi connectivity index (χ1v) is 7.90. The first-order chi connectivity index (χ1) is 11.4. The van der Waals surface area contributed by atoms with Crippen LogP contribution in [0.2, 0.25) is 5.02 Å². The highest BCUT2D eigenvalue weighted by Gasteiger charge is 2.16. The predicted octanol–water partition coefficient (Wildman–Crippen LogP) is 4.70. The van der Waals surface area contributed by atoms with Crippen molar-refractivity contribution in [2.75, 3.05) is 0 Å². The molecule has 122 valence electrons. The Morgan fingerprint density at radius 3 is 2.75 bits per heavy atom. The summed E-state index contributed by atoms with van der Waals surface area (Å²) in [5.74, 6) is 0.0721. The van der Waals surface area contributed by atoms with Crippen molar-refractivity contribution in [2.24, 2.45) is 0 Å². The van der Waals surface area contributed by atoms with E-state index >= 15 is 0 Å². The molecule has 3 aromatic rings. The highest BCUT2D eigenvalue weighted by atomic mass is 79.9. The lowest BCUT2D eigenvalue weighted by molar-refractivity contribution is -0.385. The standard InChI is InChI=1S/C16H9BrClNO5/c17-10-1-3-12-9(5-16(20)24-15(12)6-10)8-23-14-4-2-11(18)7-13(14)19(21)22/h1-7H,8H2. The molecule has 0 radical (unpaired) electrons. The molecule has 0 spiro atoms. The number of nitro groups is 1. The number of halogens is 2. The molecular formula is C16H9BrClNO5. The third-order valence-corrected chi connectivity index (χ3v) is 4.02. The topological polar surface area (TPSA) is 82.6 Å². The number of nitrogens with zero attached hydrogens (tertiary/aromatic N) is 1. The summed E-state index contributed by atoms with van der Waals surface area (Å²) in [7, 11) is 0. The second-order valence-corrected chi connectivity index (χ2v) is 6.24. The Hall–Kier alpha value is -2.38. The molecule has 0 aliphatic rings. The van der Waals surface area contributed by atoms with Crippen molar-refractivity contribution in [3.05, 3.63) is 78.1 Å². The van der Waals surface area contributed by atoms with E-state index in [1.807, 2.05) is 0 Å². The van der Waals surface area contributed by atoms with Gasteiger partial charge in [-0.2, -0.15) is 0 Å². The maximum absolute atomic E-state index is 11.7. The lowest BCUT2D eigenvalue weighted by atomic mass is 10.1. The van der Waals surface area contributed by atoms with Gasteiger partial charge in [0, 0.05) is 32.6 Å². The average Bonchev–Trinajstić information content (AvgIpc) is 2.52. The molecule has 0 atom stereocenters. The number of fused-ring (bicyclic) bond motifs is 1. The summed E-state index contributed by atoms with van der Waals surface area (Å²) < 4.78 is 11.5. The summed E-state index contributed by atoms with van der Waals surface area (Å²) in [6.45, 7) is -0.0216. The van der Waals surface area contributed by atoms with Crippen LogP contribution in [0.5, 0.6) is 5.75 Å². The zero-order valence-electron chi connectivity index (χ0n) is 12.0. The summed E-state index contributed by atoms with van der Waals surface area (Å²) >= 11 is 9.08. The fourth-order valence-electron chi connectivity index (χ4n) is 2.23. The van der Waals surface area contributed by atoms with Gasteiger partial charge >= 0.3 is 11.3 Å². The van der Waals surface area contributed by atoms with Crippen molar-refractivity contribution in [3.63, 3.8) is 0 Å². The third-order valence-electron chi connectivity index (χ3n) is 3.29. The molecule has 8 heteroatoms. The van der Waals surface area contributed by atoms with Gasteiger partial charge in [0.15, 0.2) is 5.75 Å². The molecule has 0 saturated carbocycles. The predicted molar refractivity (Wildman–Crippen MR) is 92.6 cm³/mol. The van der Waals surface area contributed by atoms with Crippen LogP contribution in [0.3, 0.4) is 0 Å². The lowest BCUT2D eigenvalue weighted by Gasteiger charge is -2.09. The molecule has 2 aromatic carbocycles. The van der Waals surface area contributed by atoms with Crippen LogP contribution in [0.1, 0.15) is 5.56 Å². The first-order valence-electron chi connectivity index (χ1n) is 6.73. The number of nitro benzene ring substituents is 1. The van der Waals surface area contributed by atoms with Crippen LogP contribution in [0.15, 0.2) is 56.1 Å². The number of hydrogen-bond donors (Lipinski definition) is 0. The fourth-order valence-corrected chi connectivity index (χ4v) is 2.74. The van der Waals surface area contributed by atoms with Gasteiger partial charge in [0.25, 0.3) is 0 Å². The highest BCUT2D eigenvalue weighted by Crippen LogP contribution is 2.31. The van der Waals surface area contributed by atoms with Crippen LogP contribution in [0, 0.1) is 10.1 Å². The van der Waals surface area contributed by atoms with E-state index in [9.17, 15) is 14.9 Å². The van der Waals surface area contributed by atoms with E-state index in [0.29, 0.717) is 16.5 Å². The van der Waals surface area contributed by atoms with Crippen LogP contribution >= 0.6 is 27.5 Å². The summed E-state index contributed by atoms with van der Waals surface area (Å²) in [5, 5.41) is 12.0. The van der Waals surface area contributed by atoms with Crippen LogP contribution < -0.4 is 10.4 Å². The molecule has 6 nitrogen and oxygen atoms in total. The summed E-state index contributed by atoms with van der Waals surface area (Å²) in [6, 6.07) is 10.7. The van der Waals surface area contributed by atoms with Gasteiger partial charge in [0.1, 0.15) is 12.2 Å². The van der Waals surface area contributed by atoms with E-state index in [0.717, 1.165) is 4.47 Å². The second kappa shape index (κ2) is 6.62. The Labute approximate surface area is 148 Å². The highest BCUT2D eigenvalue weighted by molar-refractivity contribution is 9.10. The molecule has 0 amide bonds. The SMILES string of the molecule is O=c1cc(COc2ccc(Cl)cc2[N+](=O)[O-])c2ccc(Br)cc2o1. The van der Waals surface area contributed by atoms with Crippen molar-refractivity contribution in [3.8, 4) is 5.75 Å².